The summed E-state index contributed by atoms with van der Waals surface area (Å²) in [6, 6.07) is 8.60. The Morgan fingerprint density at radius 3 is 3.18 bits per heavy atom. The second-order valence-corrected chi connectivity index (χ2v) is 4.62. The summed E-state index contributed by atoms with van der Waals surface area (Å²) in [6.07, 6.45) is 1.54. The van der Waals surface area contributed by atoms with E-state index in [0.717, 1.165) is 16.6 Å². The highest BCUT2D eigenvalue weighted by atomic mass is 35.5. The Kier molecular flexibility index (Phi) is 2.63. The van der Waals surface area contributed by atoms with Crippen molar-refractivity contribution in [3.63, 3.8) is 0 Å². The lowest BCUT2D eigenvalue weighted by Crippen LogP contribution is -2.20. The van der Waals surface area contributed by atoms with Crippen molar-refractivity contribution >= 4 is 28.2 Å². The van der Waals surface area contributed by atoms with E-state index in [-0.39, 0.29) is 0 Å². The molecule has 1 aliphatic heterocycles. The Balaban J connectivity index is 2.14. The number of aromatic nitrogens is 1. The van der Waals surface area contributed by atoms with Gasteiger partial charge in [-0.1, -0.05) is 11.6 Å². The molecule has 0 spiro atoms. The molecule has 17 heavy (non-hydrogen) atoms. The number of hydrogen-bond acceptors (Lipinski definition) is 2. The van der Waals surface area contributed by atoms with E-state index in [1.54, 1.807) is 12.3 Å². The average molecular weight is 250 g/mol. The summed E-state index contributed by atoms with van der Waals surface area (Å²) in [5.41, 5.74) is 1.65. The number of nitrogens with zero attached hydrogens (tertiary/aromatic N) is 2. The van der Waals surface area contributed by atoms with Gasteiger partial charge in [-0.05, 0) is 24.6 Å². The Hall–Kier alpha value is -1.35. The summed E-state index contributed by atoms with van der Waals surface area (Å²) in [4.78, 5) is 6.31. The van der Waals surface area contributed by atoms with Crippen molar-refractivity contribution in [3.8, 4) is 0 Å². The first-order valence-corrected chi connectivity index (χ1v) is 5.97. The van der Waals surface area contributed by atoms with E-state index in [0.29, 0.717) is 24.5 Å². The van der Waals surface area contributed by atoms with E-state index >= 15 is 0 Å². The van der Waals surface area contributed by atoms with Gasteiger partial charge in [-0.25, -0.2) is 4.39 Å². The highest BCUT2D eigenvalue weighted by molar-refractivity contribution is 6.35. The van der Waals surface area contributed by atoms with E-state index < -0.39 is 6.17 Å². The van der Waals surface area contributed by atoms with Crippen LogP contribution in [0.2, 0.25) is 5.02 Å². The first-order chi connectivity index (χ1) is 8.25. The van der Waals surface area contributed by atoms with Gasteiger partial charge in [-0.3, -0.25) is 4.98 Å². The molecule has 87 valence electrons. The Morgan fingerprint density at radius 1 is 1.53 bits per heavy atom. The fourth-order valence-electron chi connectivity index (χ4n) is 2.23. The van der Waals surface area contributed by atoms with Gasteiger partial charge in [0.05, 0.1) is 16.2 Å². The molecule has 1 radical (unpaired) electrons. The molecule has 0 bridgehead atoms. The molecule has 1 aliphatic rings. The zero-order chi connectivity index (χ0) is 11.8. The number of alkyl halides is 1. The molecule has 2 aromatic rings. The molecular formula is C13H11ClFN2. The van der Waals surface area contributed by atoms with Crippen LogP contribution in [0.1, 0.15) is 6.42 Å². The molecule has 0 N–H and O–H groups in total. The molecule has 4 heteroatoms. The van der Waals surface area contributed by atoms with E-state index in [1.165, 1.54) is 0 Å². The minimum Gasteiger partial charge on any atom is -0.366 e. The summed E-state index contributed by atoms with van der Waals surface area (Å²) in [6.45, 7) is 1.13. The van der Waals surface area contributed by atoms with Crippen LogP contribution < -0.4 is 4.90 Å². The van der Waals surface area contributed by atoms with Crippen molar-refractivity contribution in [2.75, 3.05) is 18.0 Å². The second kappa shape index (κ2) is 4.15. The molecule has 1 aromatic heterocycles. The molecule has 3 rings (SSSR count). The van der Waals surface area contributed by atoms with Crippen LogP contribution in [0.5, 0.6) is 0 Å². The Labute approximate surface area is 104 Å². The molecule has 1 unspecified atom stereocenters. The molecule has 1 saturated heterocycles. The number of hydrogen-bond donors (Lipinski definition) is 0. The van der Waals surface area contributed by atoms with E-state index in [4.69, 9.17) is 11.6 Å². The van der Waals surface area contributed by atoms with Gasteiger partial charge in [0.2, 0.25) is 0 Å². The fourth-order valence-corrected chi connectivity index (χ4v) is 2.43. The van der Waals surface area contributed by atoms with Crippen LogP contribution in [-0.4, -0.2) is 24.2 Å². The van der Waals surface area contributed by atoms with Gasteiger partial charge in [-0.2, -0.15) is 0 Å². The van der Waals surface area contributed by atoms with Gasteiger partial charge >= 0.3 is 0 Å². The van der Waals surface area contributed by atoms with Crippen molar-refractivity contribution in [2.24, 2.45) is 0 Å². The number of halogens is 2. The summed E-state index contributed by atoms with van der Waals surface area (Å²) >= 11 is 6.10. The summed E-state index contributed by atoms with van der Waals surface area (Å²) in [5.74, 6) is 0. The zero-order valence-electron chi connectivity index (χ0n) is 9.16. The number of anilines is 1. The van der Waals surface area contributed by atoms with Gasteiger partial charge in [-0.15, -0.1) is 0 Å². The average Bonchev–Trinajstić information content (AvgIpc) is 2.77. The first kappa shape index (κ1) is 10.8. The molecule has 0 saturated carbocycles. The van der Waals surface area contributed by atoms with Crippen LogP contribution in [-0.2, 0) is 0 Å². The Bertz CT molecular complexity index is 558. The van der Waals surface area contributed by atoms with E-state index in [2.05, 4.69) is 11.1 Å². The smallest absolute Gasteiger partial charge is 0.119 e. The Morgan fingerprint density at radius 2 is 2.41 bits per heavy atom. The molecular weight excluding hydrogens is 239 g/mol. The van der Waals surface area contributed by atoms with Crippen molar-refractivity contribution in [2.45, 2.75) is 12.6 Å². The van der Waals surface area contributed by atoms with Gasteiger partial charge in [0.25, 0.3) is 0 Å². The number of rotatable bonds is 1. The first-order valence-electron chi connectivity index (χ1n) is 5.59. The van der Waals surface area contributed by atoms with Gasteiger partial charge < -0.3 is 4.90 Å². The lowest BCUT2D eigenvalue weighted by Gasteiger charge is -2.19. The lowest BCUT2D eigenvalue weighted by atomic mass is 10.2. The van der Waals surface area contributed by atoms with Crippen LogP contribution >= 0.6 is 11.6 Å². The SMILES string of the molecule is FC1CCN(c2[c]cc(Cl)c3cccnc23)C1. The molecule has 2 nitrogen and oxygen atoms in total. The standard InChI is InChI=1S/C13H11ClFN2/c14-11-3-4-12(17-7-5-9(15)8-17)13-10(11)2-1-6-16-13/h1-3,6,9H,5,7-8H2. The molecule has 1 atom stereocenters. The third-order valence-electron chi connectivity index (χ3n) is 3.07. The summed E-state index contributed by atoms with van der Waals surface area (Å²) < 4.78 is 13.2. The van der Waals surface area contributed by atoms with Gasteiger partial charge in [0, 0.05) is 30.7 Å². The van der Waals surface area contributed by atoms with Gasteiger partial charge in [0.1, 0.15) is 6.17 Å². The number of benzene rings is 1. The minimum absolute atomic E-state index is 0.420. The quantitative estimate of drug-likeness (QED) is 0.771. The molecule has 0 aliphatic carbocycles. The van der Waals surface area contributed by atoms with Gasteiger partial charge in [0.15, 0.2) is 0 Å². The van der Waals surface area contributed by atoms with Crippen LogP contribution in [0.15, 0.2) is 24.4 Å². The predicted octanol–water partition coefficient (Wildman–Crippen LogP) is 3.24. The normalized spacial score (nSPS) is 20.1. The van der Waals surface area contributed by atoms with Crippen LogP contribution in [0.3, 0.4) is 0 Å². The van der Waals surface area contributed by atoms with Crippen molar-refractivity contribution in [1.82, 2.24) is 4.98 Å². The zero-order valence-corrected chi connectivity index (χ0v) is 9.91. The number of pyridine rings is 1. The summed E-state index contributed by atoms with van der Waals surface area (Å²) in [7, 11) is 0. The predicted molar refractivity (Wildman–Crippen MR) is 67.3 cm³/mol. The van der Waals surface area contributed by atoms with Crippen LogP contribution in [0.4, 0.5) is 10.1 Å². The van der Waals surface area contributed by atoms with Crippen molar-refractivity contribution < 1.29 is 4.39 Å². The molecule has 1 aromatic carbocycles. The fraction of sp³-hybridized carbons (Fsp3) is 0.308. The third-order valence-corrected chi connectivity index (χ3v) is 3.38. The molecule has 2 heterocycles. The molecule has 0 amide bonds. The summed E-state index contributed by atoms with van der Waals surface area (Å²) in [5, 5.41) is 1.53. The molecule has 1 fully saturated rings. The highest BCUT2D eigenvalue weighted by Crippen LogP contribution is 2.32. The monoisotopic (exact) mass is 249 g/mol. The van der Waals surface area contributed by atoms with Crippen molar-refractivity contribution in [3.05, 3.63) is 35.5 Å². The second-order valence-electron chi connectivity index (χ2n) is 4.22. The van der Waals surface area contributed by atoms with E-state index in [1.807, 2.05) is 17.0 Å². The maximum absolute atomic E-state index is 13.2. The highest BCUT2D eigenvalue weighted by Gasteiger charge is 2.24. The maximum atomic E-state index is 13.2. The largest absolute Gasteiger partial charge is 0.366 e. The van der Waals surface area contributed by atoms with Crippen LogP contribution in [0, 0.1) is 6.07 Å². The minimum atomic E-state index is -0.752. The lowest BCUT2D eigenvalue weighted by molar-refractivity contribution is 0.364. The van der Waals surface area contributed by atoms with Crippen molar-refractivity contribution in [1.29, 1.82) is 0 Å². The topological polar surface area (TPSA) is 16.1 Å². The van der Waals surface area contributed by atoms with Crippen LogP contribution in [0.25, 0.3) is 10.9 Å². The maximum Gasteiger partial charge on any atom is 0.119 e. The number of fused-ring (bicyclic) bond motifs is 1. The third kappa shape index (κ3) is 1.84. The van der Waals surface area contributed by atoms with E-state index in [9.17, 15) is 4.39 Å².